The molecule has 0 aliphatic heterocycles. The van der Waals surface area contributed by atoms with Crippen LogP contribution in [-0.2, 0) is 11.2 Å². The number of ketones is 1. The summed E-state index contributed by atoms with van der Waals surface area (Å²) in [5.74, 6) is 0.0522. The number of benzene rings is 1. The van der Waals surface area contributed by atoms with Crippen molar-refractivity contribution < 1.29 is 9.53 Å². The highest BCUT2D eigenvalue weighted by Gasteiger charge is 2.08. The SMILES string of the molecule is Cc1ccc(C(=O)COCCCc2ccncc2)c(C)c1. The van der Waals surface area contributed by atoms with Gasteiger partial charge in [-0.15, -0.1) is 0 Å². The van der Waals surface area contributed by atoms with Gasteiger partial charge < -0.3 is 4.74 Å². The average Bonchev–Trinajstić information content (AvgIpc) is 2.47. The van der Waals surface area contributed by atoms with Crippen LogP contribution in [0, 0.1) is 13.8 Å². The highest BCUT2D eigenvalue weighted by molar-refractivity contribution is 5.98. The van der Waals surface area contributed by atoms with Crippen molar-refractivity contribution in [1.29, 1.82) is 0 Å². The van der Waals surface area contributed by atoms with Crippen molar-refractivity contribution in [3.05, 3.63) is 65.0 Å². The Bertz CT molecular complexity index is 593. The van der Waals surface area contributed by atoms with Gasteiger partial charge in [0.05, 0.1) is 0 Å². The fourth-order valence-electron chi connectivity index (χ4n) is 2.30. The van der Waals surface area contributed by atoms with E-state index in [-0.39, 0.29) is 12.4 Å². The lowest BCUT2D eigenvalue weighted by Gasteiger charge is -2.07. The molecule has 2 rings (SSSR count). The molecule has 0 spiro atoms. The predicted molar refractivity (Wildman–Crippen MR) is 83.6 cm³/mol. The Balaban J connectivity index is 1.72. The third kappa shape index (κ3) is 4.80. The Hall–Kier alpha value is -2.00. The molecule has 0 fully saturated rings. The molecule has 0 radical (unpaired) electrons. The van der Waals surface area contributed by atoms with Gasteiger partial charge in [0.15, 0.2) is 5.78 Å². The summed E-state index contributed by atoms with van der Waals surface area (Å²) >= 11 is 0. The summed E-state index contributed by atoms with van der Waals surface area (Å²) in [4.78, 5) is 16.1. The van der Waals surface area contributed by atoms with Crippen LogP contribution in [0.1, 0.15) is 33.5 Å². The first-order valence-electron chi connectivity index (χ1n) is 7.24. The number of hydrogen-bond donors (Lipinski definition) is 0. The molecule has 2 aromatic rings. The monoisotopic (exact) mass is 283 g/mol. The van der Waals surface area contributed by atoms with Crippen LogP contribution in [0.5, 0.6) is 0 Å². The van der Waals surface area contributed by atoms with E-state index in [1.165, 1.54) is 11.1 Å². The predicted octanol–water partition coefficient (Wildman–Crippen LogP) is 3.53. The maximum absolute atomic E-state index is 12.1. The molecule has 0 aliphatic carbocycles. The lowest BCUT2D eigenvalue weighted by molar-refractivity contribution is 0.0755. The van der Waals surface area contributed by atoms with Crippen molar-refractivity contribution in [3.63, 3.8) is 0 Å². The lowest BCUT2D eigenvalue weighted by Crippen LogP contribution is -2.11. The molecule has 0 atom stereocenters. The summed E-state index contributed by atoms with van der Waals surface area (Å²) in [5, 5.41) is 0. The van der Waals surface area contributed by atoms with E-state index in [4.69, 9.17) is 4.74 Å². The number of nitrogens with zero attached hydrogens (tertiary/aromatic N) is 1. The summed E-state index contributed by atoms with van der Waals surface area (Å²) in [6.45, 7) is 4.74. The van der Waals surface area contributed by atoms with E-state index in [0.29, 0.717) is 6.61 Å². The Kier molecular flexibility index (Phi) is 5.64. The molecule has 0 bridgehead atoms. The second-order valence-electron chi connectivity index (χ2n) is 5.25. The zero-order chi connectivity index (χ0) is 15.1. The van der Waals surface area contributed by atoms with Crippen LogP contribution in [0.15, 0.2) is 42.7 Å². The fraction of sp³-hybridized carbons (Fsp3) is 0.333. The van der Waals surface area contributed by atoms with Crippen LogP contribution in [-0.4, -0.2) is 24.0 Å². The van der Waals surface area contributed by atoms with E-state index in [1.807, 2.05) is 44.2 Å². The lowest BCUT2D eigenvalue weighted by atomic mass is 10.0. The minimum Gasteiger partial charge on any atom is -0.373 e. The van der Waals surface area contributed by atoms with Crippen LogP contribution >= 0.6 is 0 Å². The zero-order valence-electron chi connectivity index (χ0n) is 12.6. The summed E-state index contributed by atoms with van der Waals surface area (Å²) in [6.07, 6.45) is 5.43. The topological polar surface area (TPSA) is 39.2 Å². The van der Waals surface area contributed by atoms with E-state index >= 15 is 0 Å². The Morgan fingerprint density at radius 1 is 1.14 bits per heavy atom. The zero-order valence-corrected chi connectivity index (χ0v) is 12.6. The van der Waals surface area contributed by atoms with Gasteiger partial charge in [0.1, 0.15) is 6.61 Å². The van der Waals surface area contributed by atoms with Gasteiger partial charge in [0.25, 0.3) is 0 Å². The van der Waals surface area contributed by atoms with E-state index in [0.717, 1.165) is 24.0 Å². The molecule has 3 heteroatoms. The summed E-state index contributed by atoms with van der Waals surface area (Å²) in [6, 6.07) is 9.87. The van der Waals surface area contributed by atoms with Gasteiger partial charge in [-0.05, 0) is 49.9 Å². The van der Waals surface area contributed by atoms with Gasteiger partial charge in [-0.25, -0.2) is 0 Å². The van der Waals surface area contributed by atoms with Crippen LogP contribution < -0.4 is 0 Å². The molecule has 1 aromatic heterocycles. The van der Waals surface area contributed by atoms with Crippen LogP contribution in [0.3, 0.4) is 0 Å². The third-order valence-electron chi connectivity index (χ3n) is 3.42. The first-order chi connectivity index (χ1) is 10.2. The second kappa shape index (κ2) is 7.70. The molecule has 0 saturated carbocycles. The fourth-order valence-corrected chi connectivity index (χ4v) is 2.30. The van der Waals surface area contributed by atoms with Gasteiger partial charge >= 0.3 is 0 Å². The molecule has 0 N–H and O–H groups in total. The maximum Gasteiger partial charge on any atom is 0.188 e. The smallest absolute Gasteiger partial charge is 0.188 e. The molecule has 0 unspecified atom stereocenters. The van der Waals surface area contributed by atoms with Gasteiger partial charge in [-0.3, -0.25) is 9.78 Å². The van der Waals surface area contributed by atoms with Crippen molar-refractivity contribution in [3.8, 4) is 0 Å². The highest BCUT2D eigenvalue weighted by Crippen LogP contribution is 2.11. The van der Waals surface area contributed by atoms with Crippen LogP contribution in [0.25, 0.3) is 0 Å². The molecule has 110 valence electrons. The highest BCUT2D eigenvalue weighted by atomic mass is 16.5. The Morgan fingerprint density at radius 3 is 2.62 bits per heavy atom. The van der Waals surface area contributed by atoms with Crippen LogP contribution in [0.4, 0.5) is 0 Å². The quantitative estimate of drug-likeness (QED) is 0.576. The summed E-state index contributed by atoms with van der Waals surface area (Å²) in [5.41, 5.74) is 4.19. The van der Waals surface area contributed by atoms with E-state index < -0.39 is 0 Å². The molecule has 0 amide bonds. The number of ether oxygens (including phenoxy) is 1. The maximum atomic E-state index is 12.1. The van der Waals surface area contributed by atoms with Gasteiger partial charge in [-0.2, -0.15) is 0 Å². The van der Waals surface area contributed by atoms with Crippen molar-refractivity contribution in [2.75, 3.05) is 13.2 Å². The van der Waals surface area contributed by atoms with E-state index in [1.54, 1.807) is 12.4 Å². The minimum atomic E-state index is 0.0522. The Morgan fingerprint density at radius 2 is 1.90 bits per heavy atom. The van der Waals surface area contributed by atoms with Crippen LogP contribution in [0.2, 0.25) is 0 Å². The first kappa shape index (κ1) is 15.4. The summed E-state index contributed by atoms with van der Waals surface area (Å²) < 4.78 is 5.49. The number of carbonyl (C=O) groups excluding carboxylic acids is 1. The standard InChI is InChI=1S/C18H21NO2/c1-14-5-6-17(15(2)12-14)18(20)13-21-11-3-4-16-7-9-19-10-8-16/h5-10,12H,3-4,11,13H2,1-2H3. The second-order valence-corrected chi connectivity index (χ2v) is 5.25. The molecule has 0 saturated heterocycles. The molecule has 3 nitrogen and oxygen atoms in total. The molecule has 1 aromatic carbocycles. The van der Waals surface area contributed by atoms with E-state index in [2.05, 4.69) is 4.98 Å². The minimum absolute atomic E-state index is 0.0522. The van der Waals surface area contributed by atoms with Crippen molar-refractivity contribution in [2.45, 2.75) is 26.7 Å². The number of aryl methyl sites for hydroxylation is 3. The number of Topliss-reactive ketones (excluding diaryl/α,β-unsaturated/α-hetero) is 1. The average molecular weight is 283 g/mol. The van der Waals surface area contributed by atoms with Crippen molar-refractivity contribution in [1.82, 2.24) is 4.98 Å². The normalized spacial score (nSPS) is 10.6. The van der Waals surface area contributed by atoms with Crippen molar-refractivity contribution >= 4 is 5.78 Å². The van der Waals surface area contributed by atoms with Gasteiger partial charge in [-0.1, -0.05) is 23.8 Å². The van der Waals surface area contributed by atoms with Gasteiger partial charge in [0, 0.05) is 24.6 Å². The van der Waals surface area contributed by atoms with E-state index in [9.17, 15) is 4.79 Å². The summed E-state index contributed by atoms with van der Waals surface area (Å²) in [7, 11) is 0. The molecule has 21 heavy (non-hydrogen) atoms. The number of carbonyl (C=O) groups is 1. The third-order valence-corrected chi connectivity index (χ3v) is 3.42. The number of hydrogen-bond acceptors (Lipinski definition) is 3. The van der Waals surface area contributed by atoms with Gasteiger partial charge in [0.2, 0.25) is 0 Å². The Labute approximate surface area is 126 Å². The molecular weight excluding hydrogens is 262 g/mol. The first-order valence-corrected chi connectivity index (χ1v) is 7.24. The largest absolute Gasteiger partial charge is 0.373 e. The number of aromatic nitrogens is 1. The number of pyridine rings is 1. The molecule has 0 aliphatic rings. The molecular formula is C18H21NO2. The molecule has 1 heterocycles. The number of rotatable bonds is 7. The van der Waals surface area contributed by atoms with Crippen molar-refractivity contribution in [2.24, 2.45) is 0 Å².